The summed E-state index contributed by atoms with van der Waals surface area (Å²) in [5, 5.41) is 0. The summed E-state index contributed by atoms with van der Waals surface area (Å²) in [5.74, 6) is 1.04. The molecule has 7 N–H and O–H groups in total. The summed E-state index contributed by atoms with van der Waals surface area (Å²) < 4.78 is 37.3. The number of anilines is 2. The first-order chi connectivity index (χ1) is 11.6. The Morgan fingerprint density at radius 1 is 1.24 bits per heavy atom. The van der Waals surface area contributed by atoms with Gasteiger partial charge in [-0.25, -0.2) is 4.98 Å². The van der Waals surface area contributed by atoms with E-state index in [2.05, 4.69) is 16.9 Å². The van der Waals surface area contributed by atoms with Gasteiger partial charge in [0.2, 0.25) is 0 Å². The van der Waals surface area contributed by atoms with Crippen LogP contribution in [0.5, 0.6) is 5.75 Å². The number of unbranched alkanes of at least 4 members (excludes halogenated alkanes) is 1. The Labute approximate surface area is 144 Å². The van der Waals surface area contributed by atoms with Crippen LogP contribution >= 0.6 is 0 Å². The quantitative estimate of drug-likeness (QED) is 0.379. The molecule has 0 radical (unpaired) electrons. The van der Waals surface area contributed by atoms with Crippen molar-refractivity contribution in [3.05, 3.63) is 34.6 Å². The molecular formula is C14H20N4O6S. The predicted molar refractivity (Wildman–Crippen MR) is 93.7 cm³/mol. The van der Waals surface area contributed by atoms with Crippen LogP contribution in [0.1, 0.15) is 19.8 Å². The third kappa shape index (κ3) is 7.20. The molecule has 25 heavy (non-hydrogen) atoms. The van der Waals surface area contributed by atoms with E-state index in [-0.39, 0.29) is 11.5 Å². The number of H-pyrrole nitrogens is 1. The first kappa shape index (κ1) is 20.4. The van der Waals surface area contributed by atoms with E-state index in [4.69, 9.17) is 33.7 Å². The minimum absolute atomic E-state index is 0.0205. The SMILES string of the molecule is CCCCOc1ccccc1-c1nc(N)c(N)c(=O)[nH]1.O=S(=O)(O)O. The second kappa shape index (κ2) is 9.01. The summed E-state index contributed by atoms with van der Waals surface area (Å²) >= 11 is 0. The van der Waals surface area contributed by atoms with Crippen molar-refractivity contribution in [3.63, 3.8) is 0 Å². The van der Waals surface area contributed by atoms with Crippen LogP contribution in [0, 0.1) is 0 Å². The van der Waals surface area contributed by atoms with Gasteiger partial charge in [-0.2, -0.15) is 8.42 Å². The van der Waals surface area contributed by atoms with Crippen molar-refractivity contribution in [1.29, 1.82) is 0 Å². The van der Waals surface area contributed by atoms with E-state index in [0.29, 0.717) is 23.7 Å². The number of para-hydroxylation sites is 1. The number of aromatic nitrogens is 2. The molecule has 1 aromatic heterocycles. The van der Waals surface area contributed by atoms with Crippen LogP contribution in [0.15, 0.2) is 29.1 Å². The van der Waals surface area contributed by atoms with Crippen molar-refractivity contribution >= 4 is 21.9 Å². The molecule has 11 heteroatoms. The number of rotatable bonds is 5. The topological polar surface area (TPSA) is 182 Å². The lowest BCUT2D eigenvalue weighted by Gasteiger charge is -2.11. The highest BCUT2D eigenvalue weighted by Crippen LogP contribution is 2.27. The Kier molecular flexibility index (Phi) is 7.36. The maximum absolute atomic E-state index is 11.7. The zero-order valence-corrected chi connectivity index (χ0v) is 14.3. The van der Waals surface area contributed by atoms with Crippen molar-refractivity contribution in [3.8, 4) is 17.1 Å². The predicted octanol–water partition coefficient (Wildman–Crippen LogP) is 1.13. The highest BCUT2D eigenvalue weighted by Gasteiger charge is 2.11. The molecule has 2 rings (SSSR count). The van der Waals surface area contributed by atoms with Crippen LogP contribution in [0.2, 0.25) is 0 Å². The molecule has 0 atom stereocenters. The van der Waals surface area contributed by atoms with Gasteiger partial charge < -0.3 is 21.2 Å². The molecule has 1 aromatic carbocycles. The summed E-state index contributed by atoms with van der Waals surface area (Å²) in [6, 6.07) is 7.35. The fourth-order valence-electron chi connectivity index (χ4n) is 1.74. The van der Waals surface area contributed by atoms with Crippen molar-refractivity contribution in [2.24, 2.45) is 0 Å². The molecule has 1 heterocycles. The summed E-state index contributed by atoms with van der Waals surface area (Å²) in [6.07, 6.45) is 2.01. The average molecular weight is 372 g/mol. The van der Waals surface area contributed by atoms with Gasteiger partial charge in [0.15, 0.2) is 5.82 Å². The Morgan fingerprint density at radius 2 is 1.84 bits per heavy atom. The zero-order valence-electron chi connectivity index (χ0n) is 13.5. The number of aromatic amines is 1. The molecule has 0 unspecified atom stereocenters. The maximum Gasteiger partial charge on any atom is 0.394 e. The first-order valence-corrected chi connectivity index (χ1v) is 8.60. The second-order valence-electron chi connectivity index (χ2n) is 4.86. The first-order valence-electron chi connectivity index (χ1n) is 7.20. The fourth-order valence-corrected chi connectivity index (χ4v) is 1.74. The lowest BCUT2D eigenvalue weighted by molar-refractivity contribution is 0.310. The normalized spacial score (nSPS) is 10.7. The molecule has 0 fully saturated rings. The highest BCUT2D eigenvalue weighted by atomic mass is 32.3. The molecule has 0 spiro atoms. The summed E-state index contributed by atoms with van der Waals surface area (Å²) in [4.78, 5) is 18.4. The number of hydrogen-bond donors (Lipinski definition) is 5. The summed E-state index contributed by atoms with van der Waals surface area (Å²) in [6.45, 7) is 2.71. The third-order valence-corrected chi connectivity index (χ3v) is 2.88. The summed E-state index contributed by atoms with van der Waals surface area (Å²) in [7, 11) is -4.67. The van der Waals surface area contributed by atoms with Gasteiger partial charge in [0.25, 0.3) is 5.56 Å². The van der Waals surface area contributed by atoms with Gasteiger partial charge in [-0.1, -0.05) is 25.5 Å². The van der Waals surface area contributed by atoms with Gasteiger partial charge in [-0.05, 0) is 18.6 Å². The number of nitrogens with two attached hydrogens (primary N) is 2. The van der Waals surface area contributed by atoms with Crippen molar-refractivity contribution < 1.29 is 22.3 Å². The smallest absolute Gasteiger partial charge is 0.394 e. The third-order valence-electron chi connectivity index (χ3n) is 2.88. The molecule has 0 aliphatic carbocycles. The molecule has 0 aliphatic rings. The molecular weight excluding hydrogens is 352 g/mol. The molecule has 138 valence electrons. The van der Waals surface area contributed by atoms with Gasteiger partial charge in [0.1, 0.15) is 17.3 Å². The van der Waals surface area contributed by atoms with Gasteiger partial charge in [-0.3, -0.25) is 13.9 Å². The van der Waals surface area contributed by atoms with Crippen LogP contribution in [-0.2, 0) is 10.4 Å². The van der Waals surface area contributed by atoms with Gasteiger partial charge in [0.05, 0.1) is 12.2 Å². The highest BCUT2D eigenvalue weighted by molar-refractivity contribution is 7.79. The number of nitrogen functional groups attached to an aromatic ring is 2. The lowest BCUT2D eigenvalue weighted by atomic mass is 10.2. The number of ether oxygens (including phenoxy) is 1. The standard InChI is InChI=1S/C14H18N4O2.H2O4S/c1-2-3-8-20-10-7-5-4-6-9(10)13-17-12(16)11(15)14(19)18-13;1-5(2,3)4/h4-7H,2-3,8,15H2,1H3,(H3,16,17,18,19);(H2,1,2,3,4). The summed E-state index contributed by atoms with van der Waals surface area (Å²) in [5.41, 5.74) is 11.3. The number of hydrogen-bond acceptors (Lipinski definition) is 7. The molecule has 0 bridgehead atoms. The van der Waals surface area contributed by atoms with E-state index in [1.165, 1.54) is 0 Å². The fraction of sp³-hybridized carbons (Fsp3) is 0.286. The van der Waals surface area contributed by atoms with Crippen molar-refractivity contribution in [2.45, 2.75) is 19.8 Å². The van der Waals surface area contributed by atoms with E-state index >= 15 is 0 Å². The Morgan fingerprint density at radius 3 is 2.40 bits per heavy atom. The molecule has 0 saturated heterocycles. The Balaban J connectivity index is 0.000000550. The maximum atomic E-state index is 11.7. The molecule has 0 aliphatic heterocycles. The molecule has 10 nitrogen and oxygen atoms in total. The van der Waals surface area contributed by atoms with Crippen molar-refractivity contribution in [1.82, 2.24) is 9.97 Å². The molecule has 0 saturated carbocycles. The van der Waals surface area contributed by atoms with E-state index in [0.717, 1.165) is 12.8 Å². The minimum Gasteiger partial charge on any atom is -0.493 e. The zero-order chi connectivity index (χ0) is 19.0. The van der Waals surface area contributed by atoms with E-state index in [1.807, 2.05) is 24.3 Å². The van der Waals surface area contributed by atoms with Gasteiger partial charge >= 0.3 is 10.4 Å². The number of nitrogens with zero attached hydrogens (tertiary/aromatic N) is 1. The lowest BCUT2D eigenvalue weighted by Crippen LogP contribution is -2.17. The van der Waals surface area contributed by atoms with E-state index < -0.39 is 16.0 Å². The van der Waals surface area contributed by atoms with Crippen molar-refractivity contribution in [2.75, 3.05) is 18.1 Å². The van der Waals surface area contributed by atoms with Crippen LogP contribution in [-0.4, -0.2) is 34.1 Å². The van der Waals surface area contributed by atoms with Gasteiger partial charge in [-0.15, -0.1) is 0 Å². The Hall–Kier alpha value is -2.63. The molecule has 2 aromatic rings. The van der Waals surface area contributed by atoms with Crippen LogP contribution in [0.4, 0.5) is 11.5 Å². The number of benzene rings is 1. The largest absolute Gasteiger partial charge is 0.493 e. The average Bonchev–Trinajstić information content (AvgIpc) is 2.51. The number of nitrogens with one attached hydrogen (secondary N) is 1. The van der Waals surface area contributed by atoms with Crippen LogP contribution < -0.4 is 21.8 Å². The Bertz CT molecular complexity index is 858. The van der Waals surface area contributed by atoms with E-state index in [1.54, 1.807) is 0 Å². The van der Waals surface area contributed by atoms with Crippen LogP contribution in [0.25, 0.3) is 11.4 Å². The van der Waals surface area contributed by atoms with Gasteiger partial charge in [0, 0.05) is 0 Å². The molecule has 0 amide bonds. The second-order valence-corrected chi connectivity index (χ2v) is 5.76. The monoisotopic (exact) mass is 372 g/mol. The van der Waals surface area contributed by atoms with E-state index in [9.17, 15) is 4.79 Å². The van der Waals surface area contributed by atoms with Crippen LogP contribution in [0.3, 0.4) is 0 Å². The minimum atomic E-state index is -4.67.